The molecule has 4 aliphatic rings. The maximum absolute atomic E-state index is 14.6. The number of nitrogens with zero attached hydrogens (tertiary/aromatic N) is 9. The predicted octanol–water partition coefficient (Wildman–Crippen LogP) is 4.71. The molecule has 8 rings (SSSR count). The fourth-order valence-electron chi connectivity index (χ4n) is 8.32. The maximum atomic E-state index is 14.6. The number of likely N-dealkylation sites (tertiary alicyclic amines) is 1. The number of nitrogens with one attached hydrogen (secondary N) is 2. The minimum absolute atomic E-state index is 0.178. The average Bonchev–Trinajstić information content (AvgIpc) is 3.85. The topological polar surface area (TPSA) is 147 Å². The Balaban J connectivity index is 0.919. The van der Waals surface area contributed by atoms with Gasteiger partial charge in [0.15, 0.2) is 11.5 Å². The Morgan fingerprint density at radius 2 is 1.86 bits per heavy atom. The van der Waals surface area contributed by atoms with E-state index in [9.17, 15) is 9.18 Å². The second-order valence-corrected chi connectivity index (χ2v) is 14.7. The summed E-state index contributed by atoms with van der Waals surface area (Å²) in [7, 11) is 1.59. The highest BCUT2D eigenvalue weighted by molar-refractivity contribution is 5.92. The lowest BCUT2D eigenvalue weighted by molar-refractivity contribution is -0.0656. The zero-order chi connectivity index (χ0) is 34.4. The number of halogens is 1. The molecule has 0 radical (unpaired) electrons. The molecule has 5 heterocycles. The van der Waals surface area contributed by atoms with Crippen molar-refractivity contribution in [2.24, 2.45) is 17.3 Å². The van der Waals surface area contributed by atoms with Gasteiger partial charge in [-0.15, -0.1) is 15.3 Å². The number of hydrogen-bond acceptors (Lipinski definition) is 12. The molecule has 50 heavy (non-hydrogen) atoms. The zero-order valence-electron chi connectivity index (χ0n) is 28.6. The number of carbonyl (C=O) groups excluding carboxylic acids is 1. The summed E-state index contributed by atoms with van der Waals surface area (Å²) in [6.45, 7) is 8.44. The van der Waals surface area contributed by atoms with Crippen molar-refractivity contribution in [3.8, 4) is 22.8 Å². The fourth-order valence-corrected chi connectivity index (χ4v) is 8.32. The first-order chi connectivity index (χ1) is 24.3. The van der Waals surface area contributed by atoms with Crippen LogP contribution in [0.5, 0.6) is 11.6 Å². The van der Waals surface area contributed by atoms with Crippen molar-refractivity contribution in [3.63, 3.8) is 0 Å². The van der Waals surface area contributed by atoms with Crippen LogP contribution in [0.2, 0.25) is 0 Å². The molecule has 2 saturated carbocycles. The largest absolute Gasteiger partial charge is 0.434 e. The van der Waals surface area contributed by atoms with Gasteiger partial charge in [0.1, 0.15) is 24.2 Å². The van der Waals surface area contributed by atoms with Crippen molar-refractivity contribution >= 4 is 17.4 Å². The maximum Gasteiger partial charge on any atom is 0.282 e. The van der Waals surface area contributed by atoms with Crippen LogP contribution in [0.1, 0.15) is 68.1 Å². The Kier molecular flexibility index (Phi) is 8.49. The molecule has 1 aromatic carbocycles. The number of aromatic nitrogens is 7. The second kappa shape index (κ2) is 13.1. The van der Waals surface area contributed by atoms with Crippen molar-refractivity contribution in [1.82, 2.24) is 45.6 Å². The van der Waals surface area contributed by atoms with Gasteiger partial charge in [-0.25, -0.2) is 19.3 Å². The number of amides is 1. The Hall–Kier alpha value is -4.85. The molecule has 14 heteroatoms. The summed E-state index contributed by atoms with van der Waals surface area (Å²) in [6, 6.07) is 7.11. The zero-order valence-corrected chi connectivity index (χ0v) is 28.6. The number of anilines is 2. The normalized spacial score (nSPS) is 21.8. The van der Waals surface area contributed by atoms with E-state index in [4.69, 9.17) is 4.74 Å². The van der Waals surface area contributed by atoms with Gasteiger partial charge in [0.05, 0.1) is 17.6 Å². The van der Waals surface area contributed by atoms with Crippen LogP contribution in [-0.2, 0) is 0 Å². The van der Waals surface area contributed by atoms with Gasteiger partial charge in [-0.1, -0.05) is 13.8 Å². The lowest BCUT2D eigenvalue weighted by atomic mass is 9.68. The van der Waals surface area contributed by atoms with Crippen LogP contribution in [0.3, 0.4) is 0 Å². The fraction of sp³-hybridized carbons (Fsp3) is 0.500. The van der Waals surface area contributed by atoms with Crippen LogP contribution in [0, 0.1) is 23.1 Å². The van der Waals surface area contributed by atoms with E-state index in [2.05, 4.69) is 69.6 Å². The van der Waals surface area contributed by atoms with Crippen LogP contribution in [0.15, 0.2) is 49.3 Å². The second-order valence-electron chi connectivity index (χ2n) is 14.7. The molecular weight excluding hydrogens is 637 g/mol. The van der Waals surface area contributed by atoms with Gasteiger partial charge < -0.3 is 20.3 Å². The molecule has 0 bridgehead atoms. The highest BCUT2D eigenvalue weighted by atomic mass is 19.1. The molecule has 0 unspecified atom stereocenters. The third-order valence-electron chi connectivity index (χ3n) is 10.8. The molecule has 260 valence electrons. The number of benzene rings is 1. The monoisotopic (exact) mass is 679 g/mol. The van der Waals surface area contributed by atoms with Crippen molar-refractivity contribution in [2.75, 3.05) is 43.4 Å². The van der Waals surface area contributed by atoms with Crippen LogP contribution in [0.4, 0.5) is 15.9 Å². The highest BCUT2D eigenvalue weighted by Gasteiger charge is 2.53. The SMILES string of the molecule is CNC(=O)c1cc(NC2CC([C@@H](C(C)C)N3CC4(CCN(c5ncnnc5Oc5ccc(F)cc5-c5cncnc5C5CC5)C4)C3)C2)cnn1. The first-order valence-electron chi connectivity index (χ1n) is 17.5. The number of ether oxygens (including phenoxy) is 1. The smallest absolute Gasteiger partial charge is 0.282 e. The van der Waals surface area contributed by atoms with Gasteiger partial charge in [0.2, 0.25) is 0 Å². The van der Waals surface area contributed by atoms with E-state index in [-0.39, 0.29) is 17.1 Å². The van der Waals surface area contributed by atoms with E-state index in [0.29, 0.717) is 58.5 Å². The molecule has 13 nitrogen and oxygen atoms in total. The molecule has 3 aromatic heterocycles. The summed E-state index contributed by atoms with van der Waals surface area (Å²) in [5.41, 5.74) is 3.60. The summed E-state index contributed by atoms with van der Waals surface area (Å²) < 4.78 is 21.0. The predicted molar refractivity (Wildman–Crippen MR) is 184 cm³/mol. The van der Waals surface area contributed by atoms with Crippen LogP contribution < -0.4 is 20.3 Å². The molecule has 1 atom stereocenters. The Morgan fingerprint density at radius 1 is 1.02 bits per heavy atom. The van der Waals surface area contributed by atoms with E-state index >= 15 is 0 Å². The van der Waals surface area contributed by atoms with Crippen molar-refractivity contribution in [3.05, 3.63) is 66.5 Å². The van der Waals surface area contributed by atoms with Crippen LogP contribution in [-0.4, -0.2) is 91.5 Å². The minimum atomic E-state index is -0.359. The van der Waals surface area contributed by atoms with Crippen molar-refractivity contribution in [2.45, 2.75) is 64.0 Å². The van der Waals surface area contributed by atoms with Crippen molar-refractivity contribution in [1.29, 1.82) is 0 Å². The number of carbonyl (C=O) groups is 1. The lowest BCUT2D eigenvalue weighted by Crippen LogP contribution is -2.65. The molecule has 1 amide bonds. The first-order valence-corrected chi connectivity index (χ1v) is 17.5. The van der Waals surface area contributed by atoms with Crippen LogP contribution in [0.25, 0.3) is 11.1 Å². The molecule has 4 fully saturated rings. The Labute approximate surface area is 290 Å². The lowest BCUT2D eigenvalue weighted by Gasteiger charge is -2.57. The van der Waals surface area contributed by atoms with E-state index < -0.39 is 0 Å². The quantitative estimate of drug-likeness (QED) is 0.226. The molecule has 4 aromatic rings. The third kappa shape index (κ3) is 6.32. The average molecular weight is 680 g/mol. The number of hydrogen-bond donors (Lipinski definition) is 2. The van der Waals surface area contributed by atoms with Gasteiger partial charge >= 0.3 is 0 Å². The summed E-state index contributed by atoms with van der Waals surface area (Å²) in [4.78, 5) is 30.3. The summed E-state index contributed by atoms with van der Waals surface area (Å²) in [6.07, 6.45) is 11.7. The first kappa shape index (κ1) is 32.4. The van der Waals surface area contributed by atoms with E-state index in [1.54, 1.807) is 37.9 Å². The molecule has 2 aliphatic carbocycles. The molecule has 2 saturated heterocycles. The summed E-state index contributed by atoms with van der Waals surface area (Å²) in [5, 5.41) is 22.5. The Bertz CT molecular complexity index is 1880. The highest BCUT2D eigenvalue weighted by Crippen LogP contribution is 2.49. The van der Waals surface area contributed by atoms with Crippen LogP contribution >= 0.6 is 0 Å². The standard InChI is InChI=1S/C36H42FN11O2/c1-21(2)32(23-10-25(11-23)44-26-13-29(34(49)38-3)45-42-14-26)48-17-36(18-48)8-9-47(16-36)33-35(46-43-20-41-33)50-30-7-6-24(37)12-27(30)28-15-39-19-40-31(28)22-4-5-22/h6-7,12-15,19-23,25,32H,4-5,8-11,16-18H2,1-3H3,(H,38,49)(H,44,45)/t23?,25?,32-/m1/s1. The summed E-state index contributed by atoms with van der Waals surface area (Å²) in [5.74, 6) is 2.30. The van der Waals surface area contributed by atoms with Gasteiger partial charge in [0.25, 0.3) is 11.8 Å². The summed E-state index contributed by atoms with van der Waals surface area (Å²) >= 11 is 0. The molecule has 2 aliphatic heterocycles. The number of rotatable bonds is 11. The van der Waals surface area contributed by atoms with E-state index in [0.717, 1.165) is 75.2 Å². The van der Waals surface area contributed by atoms with Gasteiger partial charge in [-0.2, -0.15) is 5.10 Å². The minimum Gasteiger partial charge on any atom is -0.434 e. The Morgan fingerprint density at radius 3 is 2.64 bits per heavy atom. The van der Waals surface area contributed by atoms with Gasteiger partial charge in [-0.05, 0) is 68.2 Å². The van der Waals surface area contributed by atoms with Gasteiger partial charge in [-0.3, -0.25) is 9.69 Å². The molecule has 1 spiro atoms. The van der Waals surface area contributed by atoms with Crippen molar-refractivity contribution < 1.29 is 13.9 Å². The van der Waals surface area contributed by atoms with Gasteiger partial charge in [0, 0.05) is 74.0 Å². The molecule has 2 N–H and O–H groups in total. The van der Waals surface area contributed by atoms with E-state index in [1.165, 1.54) is 18.5 Å². The van der Waals surface area contributed by atoms with E-state index in [1.807, 2.05) is 0 Å². The third-order valence-corrected chi connectivity index (χ3v) is 10.8. The molecular formula is C36H42FN11O2.